The predicted octanol–water partition coefficient (Wildman–Crippen LogP) is 3.92. The van der Waals surface area contributed by atoms with Gasteiger partial charge in [0.25, 0.3) is 5.91 Å². The Labute approximate surface area is 275 Å². The number of hydrogen-bond acceptors (Lipinski definition) is 6. The molecular weight excluding hydrogens is 601 g/mol. The van der Waals surface area contributed by atoms with Crippen molar-refractivity contribution in [2.24, 2.45) is 0 Å². The van der Waals surface area contributed by atoms with Crippen LogP contribution in [0.4, 0.5) is 10.1 Å². The summed E-state index contributed by atoms with van der Waals surface area (Å²) in [6.07, 6.45) is 1.73. The van der Waals surface area contributed by atoms with Crippen molar-refractivity contribution in [1.82, 2.24) is 30.2 Å². The average Bonchev–Trinajstić information content (AvgIpc) is 3.57. The molecule has 1 saturated heterocycles. The highest BCUT2D eigenvalue weighted by atomic mass is 19.1. The van der Waals surface area contributed by atoms with Gasteiger partial charge in [-0.1, -0.05) is 57.2 Å². The van der Waals surface area contributed by atoms with E-state index in [0.717, 1.165) is 18.7 Å². The van der Waals surface area contributed by atoms with Crippen molar-refractivity contribution in [2.45, 2.75) is 71.0 Å². The van der Waals surface area contributed by atoms with Crippen molar-refractivity contribution in [3.05, 3.63) is 83.4 Å². The summed E-state index contributed by atoms with van der Waals surface area (Å²) < 4.78 is 17.2. The normalized spacial score (nSPS) is 16.2. The molecule has 1 unspecified atom stereocenters. The van der Waals surface area contributed by atoms with Gasteiger partial charge in [0.05, 0.1) is 5.69 Å². The number of likely N-dealkylation sites (N-methyl/N-ethyl adjacent to an activating group) is 1. The Morgan fingerprint density at radius 2 is 1.51 bits per heavy atom. The molecule has 47 heavy (non-hydrogen) atoms. The molecule has 4 atom stereocenters. The first-order chi connectivity index (χ1) is 22.4. The van der Waals surface area contributed by atoms with Gasteiger partial charge in [-0.25, -0.2) is 4.39 Å². The van der Waals surface area contributed by atoms with Gasteiger partial charge >= 0.3 is 0 Å². The van der Waals surface area contributed by atoms with Crippen molar-refractivity contribution < 1.29 is 23.6 Å². The van der Waals surface area contributed by atoms with Crippen LogP contribution in [0.5, 0.6) is 0 Å². The van der Waals surface area contributed by atoms with Crippen molar-refractivity contribution in [3.8, 4) is 0 Å². The lowest BCUT2D eigenvalue weighted by molar-refractivity contribution is -0.138. The molecule has 0 bridgehead atoms. The summed E-state index contributed by atoms with van der Waals surface area (Å²) in [6, 6.07) is 13.2. The molecule has 2 heterocycles. The van der Waals surface area contributed by atoms with Crippen LogP contribution in [-0.4, -0.2) is 88.5 Å². The summed E-state index contributed by atoms with van der Waals surface area (Å²) in [7, 11) is 1.99. The number of carbonyl (C=O) groups is 4. The minimum Gasteiger partial charge on any atom is -0.344 e. The molecule has 1 fully saturated rings. The second-order valence-electron chi connectivity index (χ2n) is 12.4. The number of nitrogens with one attached hydrogen (secondary N) is 3. The van der Waals surface area contributed by atoms with E-state index in [0.29, 0.717) is 24.3 Å². The van der Waals surface area contributed by atoms with E-state index in [9.17, 15) is 19.2 Å². The molecular formula is C35H46FN7O4. The molecule has 1 aromatic heterocycles. The number of halogens is 1. The molecule has 4 rings (SSSR count). The van der Waals surface area contributed by atoms with Gasteiger partial charge in [0.1, 0.15) is 23.6 Å². The number of carbonyl (C=O) groups excluding carboxylic acids is 4. The minimum absolute atomic E-state index is 0.0720. The van der Waals surface area contributed by atoms with Gasteiger partial charge in [0.2, 0.25) is 17.7 Å². The first-order valence-electron chi connectivity index (χ1n) is 16.2. The summed E-state index contributed by atoms with van der Waals surface area (Å²) >= 11 is 0. The zero-order valence-electron chi connectivity index (χ0n) is 28.0. The van der Waals surface area contributed by atoms with Gasteiger partial charge in [-0.15, -0.1) is 0 Å². The van der Waals surface area contributed by atoms with Crippen molar-refractivity contribution >= 4 is 29.3 Å². The summed E-state index contributed by atoms with van der Waals surface area (Å²) in [6.45, 7) is 11.6. The lowest BCUT2D eigenvalue weighted by Crippen LogP contribution is -2.55. The SMILES string of the molecule is CCC(=O)N[C@@H](C(=O)N1CCN(C)CC1)[C@@H](C)c1ccc(NC(=O)C(NC(=O)c2ccnn2C(C)C)[C@@H](C)c2ccccc2)c(F)c1. The van der Waals surface area contributed by atoms with Crippen molar-refractivity contribution in [3.63, 3.8) is 0 Å². The first kappa shape index (κ1) is 35.3. The van der Waals surface area contributed by atoms with Crippen LogP contribution in [0.3, 0.4) is 0 Å². The van der Waals surface area contributed by atoms with Gasteiger partial charge in [0, 0.05) is 56.7 Å². The fourth-order valence-electron chi connectivity index (χ4n) is 5.71. The maximum atomic E-state index is 15.7. The van der Waals surface area contributed by atoms with E-state index in [1.54, 1.807) is 35.6 Å². The Balaban J connectivity index is 1.56. The largest absolute Gasteiger partial charge is 0.344 e. The standard InChI is InChI=1S/C35H46FN7O4/c1-7-30(44)39-32(35(47)42-19-17-41(6)18-20-42)24(5)26-13-14-28(27(36)21-26)38-34(46)31(23(4)25-11-9-8-10-12-25)40-33(45)29-15-16-37-43(29)22(2)3/h8-16,21-24,31-32H,7,17-20H2,1-6H3,(H,38,46)(H,39,44)(H,40,45)/t23-,24-,31?,32+/m0/s1. The van der Waals surface area contributed by atoms with E-state index < -0.39 is 41.6 Å². The zero-order chi connectivity index (χ0) is 34.2. The Morgan fingerprint density at radius 3 is 2.13 bits per heavy atom. The highest BCUT2D eigenvalue weighted by molar-refractivity contribution is 6.01. The lowest BCUT2D eigenvalue weighted by atomic mass is 9.91. The van der Waals surface area contributed by atoms with E-state index in [-0.39, 0.29) is 30.0 Å². The second-order valence-corrected chi connectivity index (χ2v) is 12.4. The number of benzene rings is 2. The monoisotopic (exact) mass is 647 g/mol. The third-order valence-corrected chi connectivity index (χ3v) is 8.78. The molecule has 0 radical (unpaired) electrons. The Bertz CT molecular complexity index is 1550. The van der Waals surface area contributed by atoms with Crippen molar-refractivity contribution in [1.29, 1.82) is 0 Å². The number of nitrogens with zero attached hydrogens (tertiary/aromatic N) is 4. The minimum atomic E-state index is -1.05. The second kappa shape index (κ2) is 15.8. The van der Waals surface area contributed by atoms with Crippen LogP contribution in [0.1, 0.15) is 80.5 Å². The molecule has 4 amide bonds. The van der Waals surface area contributed by atoms with Crippen molar-refractivity contribution in [2.75, 3.05) is 38.5 Å². The molecule has 1 aliphatic heterocycles. The number of aromatic nitrogens is 2. The zero-order valence-corrected chi connectivity index (χ0v) is 28.0. The third-order valence-electron chi connectivity index (χ3n) is 8.78. The van der Waals surface area contributed by atoms with Gasteiger partial charge in [-0.05, 0) is 50.2 Å². The molecule has 252 valence electrons. The molecule has 12 heteroatoms. The highest BCUT2D eigenvalue weighted by Crippen LogP contribution is 2.27. The van der Waals surface area contributed by atoms with E-state index in [2.05, 4.69) is 25.9 Å². The van der Waals surface area contributed by atoms with E-state index in [4.69, 9.17) is 0 Å². The lowest BCUT2D eigenvalue weighted by Gasteiger charge is -2.36. The maximum Gasteiger partial charge on any atom is 0.270 e. The highest BCUT2D eigenvalue weighted by Gasteiger charge is 2.34. The quantitative estimate of drug-likeness (QED) is 0.274. The fraction of sp³-hybridized carbons (Fsp3) is 0.457. The van der Waals surface area contributed by atoms with Crippen LogP contribution in [0, 0.1) is 5.82 Å². The Morgan fingerprint density at radius 1 is 0.851 bits per heavy atom. The molecule has 0 spiro atoms. The molecule has 0 aliphatic carbocycles. The van der Waals surface area contributed by atoms with Crippen LogP contribution in [0.2, 0.25) is 0 Å². The van der Waals surface area contributed by atoms with Crippen LogP contribution in [-0.2, 0) is 14.4 Å². The van der Waals surface area contributed by atoms with Crippen LogP contribution >= 0.6 is 0 Å². The van der Waals surface area contributed by atoms with Gasteiger partial charge in [0.15, 0.2) is 0 Å². The molecule has 3 N–H and O–H groups in total. The number of rotatable bonds is 12. The molecule has 1 aliphatic rings. The fourth-order valence-corrected chi connectivity index (χ4v) is 5.71. The van der Waals surface area contributed by atoms with E-state index in [1.165, 1.54) is 18.3 Å². The first-order valence-corrected chi connectivity index (χ1v) is 16.2. The smallest absolute Gasteiger partial charge is 0.270 e. The summed E-state index contributed by atoms with van der Waals surface area (Å²) in [5.41, 5.74) is 1.55. The topological polar surface area (TPSA) is 129 Å². The molecule has 2 aromatic carbocycles. The van der Waals surface area contributed by atoms with E-state index in [1.807, 2.05) is 58.2 Å². The third kappa shape index (κ3) is 8.62. The van der Waals surface area contributed by atoms with Gasteiger partial charge in [-0.3, -0.25) is 23.9 Å². The maximum absolute atomic E-state index is 15.7. The molecule has 0 saturated carbocycles. The molecule has 11 nitrogen and oxygen atoms in total. The Kier molecular flexibility index (Phi) is 11.9. The van der Waals surface area contributed by atoms with Crippen LogP contribution in [0.25, 0.3) is 0 Å². The van der Waals surface area contributed by atoms with Crippen LogP contribution < -0.4 is 16.0 Å². The predicted molar refractivity (Wildman–Crippen MR) is 178 cm³/mol. The Hall–Kier alpha value is -4.58. The van der Waals surface area contributed by atoms with Crippen LogP contribution in [0.15, 0.2) is 60.8 Å². The summed E-state index contributed by atoms with van der Waals surface area (Å²) in [4.78, 5) is 57.0. The number of piperazine rings is 1. The van der Waals surface area contributed by atoms with Gasteiger partial charge in [-0.2, -0.15) is 5.10 Å². The summed E-state index contributed by atoms with van der Waals surface area (Å²) in [5.74, 6) is -3.26. The molecule has 3 aromatic rings. The number of hydrogen-bond donors (Lipinski definition) is 3. The number of amides is 4. The van der Waals surface area contributed by atoms with Gasteiger partial charge < -0.3 is 25.8 Å². The van der Waals surface area contributed by atoms with E-state index >= 15 is 4.39 Å². The number of anilines is 1. The average molecular weight is 648 g/mol. The summed E-state index contributed by atoms with van der Waals surface area (Å²) in [5, 5.41) is 12.6.